The lowest BCUT2D eigenvalue weighted by molar-refractivity contribution is 0.117. The molecule has 7 nitrogen and oxygen atoms in total. The molecule has 0 radical (unpaired) electrons. The zero-order valence-electron chi connectivity index (χ0n) is 16.0. The second-order valence-electron chi connectivity index (χ2n) is 7.61. The number of benzene rings is 1. The Kier molecular flexibility index (Phi) is 4.60. The molecule has 2 fully saturated rings. The van der Waals surface area contributed by atoms with E-state index in [1.165, 1.54) is 10.7 Å². The SMILES string of the molecule is CCc1nn(-c2noc(C3CCN(C4CCOC4)CC3)n2)c2c(F)cccc12. The minimum Gasteiger partial charge on any atom is -0.380 e. The molecular weight excluding hydrogens is 361 g/mol. The van der Waals surface area contributed by atoms with Gasteiger partial charge in [0, 0.05) is 24.0 Å². The van der Waals surface area contributed by atoms with Crippen LogP contribution in [0.4, 0.5) is 4.39 Å². The molecule has 0 amide bonds. The highest BCUT2D eigenvalue weighted by atomic mass is 19.1. The van der Waals surface area contributed by atoms with Gasteiger partial charge in [-0.3, -0.25) is 4.90 Å². The van der Waals surface area contributed by atoms with Crippen molar-refractivity contribution in [3.8, 4) is 5.95 Å². The number of hydrogen-bond donors (Lipinski definition) is 0. The maximum absolute atomic E-state index is 14.5. The zero-order valence-corrected chi connectivity index (χ0v) is 16.0. The smallest absolute Gasteiger partial charge is 0.291 e. The lowest BCUT2D eigenvalue weighted by Gasteiger charge is -2.34. The topological polar surface area (TPSA) is 69.2 Å². The molecule has 0 bridgehead atoms. The Balaban J connectivity index is 1.38. The van der Waals surface area contributed by atoms with E-state index in [9.17, 15) is 4.39 Å². The van der Waals surface area contributed by atoms with Crippen LogP contribution in [0.1, 0.15) is 43.7 Å². The first kappa shape index (κ1) is 17.8. The number of rotatable bonds is 4. The molecule has 5 rings (SSSR count). The number of aromatic nitrogens is 4. The van der Waals surface area contributed by atoms with E-state index in [1.54, 1.807) is 6.07 Å². The van der Waals surface area contributed by atoms with Gasteiger partial charge in [0.05, 0.1) is 12.3 Å². The normalized spacial score (nSPS) is 21.7. The summed E-state index contributed by atoms with van der Waals surface area (Å²) in [6.45, 7) is 5.73. The summed E-state index contributed by atoms with van der Waals surface area (Å²) in [5.74, 6) is 0.826. The minimum absolute atomic E-state index is 0.233. The van der Waals surface area contributed by atoms with Crippen molar-refractivity contribution in [3.63, 3.8) is 0 Å². The number of ether oxygens (including phenoxy) is 1. The number of piperidine rings is 1. The average Bonchev–Trinajstić information content (AvgIpc) is 3.47. The Bertz CT molecular complexity index is 970. The summed E-state index contributed by atoms with van der Waals surface area (Å²) >= 11 is 0. The van der Waals surface area contributed by atoms with Gasteiger partial charge in [-0.15, -0.1) is 0 Å². The monoisotopic (exact) mass is 385 g/mol. The van der Waals surface area contributed by atoms with E-state index in [0.29, 0.717) is 29.8 Å². The summed E-state index contributed by atoms with van der Waals surface area (Å²) < 4.78 is 27.0. The van der Waals surface area contributed by atoms with Gasteiger partial charge in [0.15, 0.2) is 0 Å². The zero-order chi connectivity index (χ0) is 19.1. The lowest BCUT2D eigenvalue weighted by Crippen LogP contribution is -2.41. The van der Waals surface area contributed by atoms with E-state index < -0.39 is 0 Å². The molecule has 0 aliphatic carbocycles. The number of aryl methyl sites for hydroxylation is 1. The molecule has 1 aromatic carbocycles. The van der Waals surface area contributed by atoms with E-state index in [0.717, 1.165) is 56.6 Å². The van der Waals surface area contributed by atoms with Crippen molar-refractivity contribution in [3.05, 3.63) is 35.6 Å². The molecule has 4 heterocycles. The number of nitrogens with zero attached hydrogens (tertiary/aromatic N) is 5. The van der Waals surface area contributed by atoms with Gasteiger partial charge in [-0.05, 0) is 50.0 Å². The Morgan fingerprint density at radius 3 is 2.82 bits per heavy atom. The number of para-hydroxylation sites is 1. The van der Waals surface area contributed by atoms with Gasteiger partial charge in [-0.2, -0.15) is 14.8 Å². The van der Waals surface area contributed by atoms with Crippen molar-refractivity contribution < 1.29 is 13.7 Å². The largest absolute Gasteiger partial charge is 0.380 e. The standard InChI is InChI=1S/C20H24FN5O2/c1-2-17-15-4-3-5-16(21)18(15)26(23-17)20-22-19(28-24-20)13-6-9-25(10-7-13)14-8-11-27-12-14/h3-5,13-14H,2,6-12H2,1H3. The van der Waals surface area contributed by atoms with Gasteiger partial charge in [0.25, 0.3) is 5.95 Å². The first-order valence-corrected chi connectivity index (χ1v) is 10.1. The third-order valence-corrected chi connectivity index (χ3v) is 5.99. The predicted molar refractivity (Wildman–Crippen MR) is 101 cm³/mol. The van der Waals surface area contributed by atoms with Gasteiger partial charge >= 0.3 is 0 Å². The molecule has 1 unspecified atom stereocenters. The molecule has 2 aliphatic heterocycles. The van der Waals surface area contributed by atoms with Crippen molar-refractivity contribution in [2.45, 2.75) is 44.6 Å². The van der Waals surface area contributed by atoms with Gasteiger partial charge in [0.2, 0.25) is 5.89 Å². The van der Waals surface area contributed by atoms with Crippen LogP contribution in [-0.2, 0) is 11.2 Å². The second-order valence-corrected chi connectivity index (χ2v) is 7.61. The van der Waals surface area contributed by atoms with Crippen LogP contribution in [0.2, 0.25) is 0 Å². The van der Waals surface area contributed by atoms with Crippen molar-refractivity contribution in [2.75, 3.05) is 26.3 Å². The van der Waals surface area contributed by atoms with Crippen molar-refractivity contribution >= 4 is 10.9 Å². The number of hydrogen-bond acceptors (Lipinski definition) is 6. The summed E-state index contributed by atoms with van der Waals surface area (Å²) in [7, 11) is 0. The Morgan fingerprint density at radius 1 is 1.21 bits per heavy atom. The Morgan fingerprint density at radius 2 is 2.07 bits per heavy atom. The minimum atomic E-state index is -0.330. The third-order valence-electron chi connectivity index (χ3n) is 5.99. The highest BCUT2D eigenvalue weighted by molar-refractivity contribution is 5.83. The van der Waals surface area contributed by atoms with E-state index in [1.807, 2.05) is 13.0 Å². The third kappa shape index (κ3) is 3.00. The molecule has 1 atom stereocenters. The average molecular weight is 385 g/mol. The fourth-order valence-electron chi connectivity index (χ4n) is 4.39. The van der Waals surface area contributed by atoms with E-state index in [4.69, 9.17) is 9.26 Å². The van der Waals surface area contributed by atoms with E-state index >= 15 is 0 Å². The molecular formula is C20H24FN5O2. The van der Waals surface area contributed by atoms with Crippen LogP contribution >= 0.6 is 0 Å². The van der Waals surface area contributed by atoms with Gasteiger partial charge in [-0.25, -0.2) is 4.39 Å². The summed E-state index contributed by atoms with van der Waals surface area (Å²) in [4.78, 5) is 7.08. The molecule has 8 heteroatoms. The lowest BCUT2D eigenvalue weighted by atomic mass is 9.95. The quantitative estimate of drug-likeness (QED) is 0.687. The molecule has 3 aromatic rings. The molecule has 28 heavy (non-hydrogen) atoms. The molecule has 2 saturated heterocycles. The first-order chi connectivity index (χ1) is 13.7. The maximum atomic E-state index is 14.5. The van der Waals surface area contributed by atoms with Crippen LogP contribution in [0.3, 0.4) is 0 Å². The Hall–Kier alpha value is -2.32. The van der Waals surface area contributed by atoms with Crippen molar-refractivity contribution in [1.29, 1.82) is 0 Å². The van der Waals surface area contributed by atoms with Crippen molar-refractivity contribution in [1.82, 2.24) is 24.8 Å². The van der Waals surface area contributed by atoms with Crippen LogP contribution < -0.4 is 0 Å². The van der Waals surface area contributed by atoms with Crippen LogP contribution in [0.15, 0.2) is 22.7 Å². The molecule has 0 N–H and O–H groups in total. The van der Waals surface area contributed by atoms with Crippen LogP contribution in [-0.4, -0.2) is 57.2 Å². The number of likely N-dealkylation sites (tertiary alicyclic amines) is 1. The Labute approximate surface area is 162 Å². The summed E-state index contributed by atoms with van der Waals surface area (Å²) in [6.07, 6.45) is 3.78. The van der Waals surface area contributed by atoms with Gasteiger partial charge < -0.3 is 9.26 Å². The van der Waals surface area contributed by atoms with Crippen molar-refractivity contribution in [2.24, 2.45) is 0 Å². The van der Waals surface area contributed by atoms with Gasteiger partial charge in [-0.1, -0.05) is 19.1 Å². The second kappa shape index (κ2) is 7.25. The fraction of sp³-hybridized carbons (Fsp3) is 0.550. The van der Waals surface area contributed by atoms with Crippen LogP contribution in [0, 0.1) is 5.82 Å². The van der Waals surface area contributed by atoms with E-state index in [2.05, 4.69) is 20.1 Å². The summed E-state index contributed by atoms with van der Waals surface area (Å²) in [6, 6.07) is 5.56. The highest BCUT2D eigenvalue weighted by Gasteiger charge is 2.31. The molecule has 2 aromatic heterocycles. The molecule has 2 aliphatic rings. The van der Waals surface area contributed by atoms with Gasteiger partial charge in [0.1, 0.15) is 11.3 Å². The fourth-order valence-corrected chi connectivity index (χ4v) is 4.39. The van der Waals surface area contributed by atoms with Crippen LogP contribution in [0.5, 0.6) is 0 Å². The first-order valence-electron chi connectivity index (χ1n) is 10.1. The summed E-state index contributed by atoms with van der Waals surface area (Å²) in [5.41, 5.74) is 1.23. The molecule has 148 valence electrons. The predicted octanol–water partition coefficient (Wildman–Crippen LogP) is 3.08. The summed E-state index contributed by atoms with van der Waals surface area (Å²) in [5, 5.41) is 9.43. The molecule has 0 saturated carbocycles. The molecule has 0 spiro atoms. The maximum Gasteiger partial charge on any atom is 0.291 e. The van der Waals surface area contributed by atoms with Crippen LogP contribution in [0.25, 0.3) is 16.9 Å². The number of fused-ring (bicyclic) bond motifs is 1. The highest BCUT2D eigenvalue weighted by Crippen LogP contribution is 2.30. The number of halogens is 1. The van der Waals surface area contributed by atoms with E-state index in [-0.39, 0.29) is 11.7 Å².